The molecule has 3 N–H and O–H groups in total. The van der Waals surface area contributed by atoms with Crippen molar-refractivity contribution in [2.75, 3.05) is 13.1 Å². The number of hydrogen-bond acceptors (Lipinski definition) is 4. The summed E-state index contributed by atoms with van der Waals surface area (Å²) in [7, 11) is 2.09. The predicted molar refractivity (Wildman–Crippen MR) is 76.9 cm³/mol. The molecule has 0 radical (unpaired) electrons. The van der Waals surface area contributed by atoms with Crippen molar-refractivity contribution >= 4 is 18.2 Å². The molecule has 0 aromatic carbocycles. The lowest BCUT2D eigenvalue weighted by atomic mass is 10.1. The topological polar surface area (TPSA) is 58.0 Å². The fraction of sp³-hybridized carbons (Fsp3) is 0.462. The van der Waals surface area contributed by atoms with E-state index in [1.165, 1.54) is 22.5 Å². The Hall–Kier alpha value is -1.20. The molecule has 1 aliphatic rings. The van der Waals surface area contributed by atoms with Gasteiger partial charge in [-0.1, -0.05) is 0 Å². The molecule has 98 valence electrons. The Kier molecular flexibility index (Phi) is 3.82. The first-order chi connectivity index (χ1) is 8.52. The fourth-order valence-corrected chi connectivity index (χ4v) is 3.20. The zero-order chi connectivity index (χ0) is 13.3. The van der Waals surface area contributed by atoms with Gasteiger partial charge in [-0.05, 0) is 31.9 Å². The van der Waals surface area contributed by atoms with E-state index in [2.05, 4.69) is 35.8 Å². The maximum Gasteiger partial charge on any atom is 0.0439 e. The van der Waals surface area contributed by atoms with Crippen LogP contribution in [0.2, 0.25) is 0 Å². The van der Waals surface area contributed by atoms with E-state index >= 15 is 0 Å². The van der Waals surface area contributed by atoms with Gasteiger partial charge in [0.05, 0.1) is 0 Å². The zero-order valence-corrected chi connectivity index (χ0v) is 12.0. The first-order valence-electron chi connectivity index (χ1n) is 6.06. The lowest BCUT2D eigenvalue weighted by Gasteiger charge is -2.26. The molecule has 0 saturated carbocycles. The van der Waals surface area contributed by atoms with Crippen molar-refractivity contribution in [3.05, 3.63) is 28.7 Å². The van der Waals surface area contributed by atoms with Crippen LogP contribution in [0.1, 0.15) is 17.8 Å². The second-order valence-corrected chi connectivity index (χ2v) is 5.83. The Labute approximate surface area is 112 Å². The molecule has 1 aromatic rings. The Bertz CT molecular complexity index is 501. The highest BCUT2D eigenvalue weighted by molar-refractivity contribution is 7.97. The van der Waals surface area contributed by atoms with Crippen molar-refractivity contribution in [3.8, 4) is 0 Å². The van der Waals surface area contributed by atoms with Gasteiger partial charge in [0.25, 0.3) is 0 Å². The summed E-state index contributed by atoms with van der Waals surface area (Å²) in [5, 5.41) is 7.37. The molecule has 0 unspecified atom stereocenters. The summed E-state index contributed by atoms with van der Waals surface area (Å²) in [4.78, 5) is 1.29. The third-order valence-corrected chi connectivity index (χ3v) is 4.70. The smallest absolute Gasteiger partial charge is 0.0439 e. The van der Waals surface area contributed by atoms with Crippen LogP contribution in [-0.4, -0.2) is 28.2 Å². The third kappa shape index (κ3) is 2.47. The lowest BCUT2D eigenvalue weighted by molar-refractivity contribution is 0.489. The minimum absolute atomic E-state index is 0.757. The first-order valence-corrected chi connectivity index (χ1v) is 6.84. The van der Waals surface area contributed by atoms with Gasteiger partial charge in [-0.2, -0.15) is 0 Å². The number of nitrogens with two attached hydrogens (primary N) is 1. The maximum atomic E-state index is 7.37. The minimum atomic E-state index is 0.757. The summed E-state index contributed by atoms with van der Waals surface area (Å²) in [6, 6.07) is 2.21. The largest absolute Gasteiger partial charge is 0.402 e. The average Bonchev–Trinajstić information content (AvgIpc) is 2.59. The van der Waals surface area contributed by atoms with Gasteiger partial charge >= 0.3 is 0 Å². The van der Waals surface area contributed by atoms with E-state index in [0.717, 1.165) is 30.8 Å². The molecule has 0 bridgehead atoms. The van der Waals surface area contributed by atoms with Crippen LogP contribution in [0.3, 0.4) is 0 Å². The number of nitrogens with zero attached hydrogens (tertiary/aromatic N) is 2. The molecule has 0 fully saturated rings. The summed E-state index contributed by atoms with van der Waals surface area (Å²) in [5.74, 6) is 0. The molecule has 0 amide bonds. The van der Waals surface area contributed by atoms with Crippen LogP contribution < -0.4 is 5.73 Å². The number of aryl methyl sites for hydroxylation is 1. The van der Waals surface area contributed by atoms with E-state index in [9.17, 15) is 0 Å². The van der Waals surface area contributed by atoms with E-state index in [-0.39, 0.29) is 0 Å². The number of hydrogen-bond donors (Lipinski definition) is 2. The Balaban J connectivity index is 2.12. The van der Waals surface area contributed by atoms with Gasteiger partial charge in [0, 0.05) is 60.3 Å². The van der Waals surface area contributed by atoms with Crippen LogP contribution >= 0.6 is 11.9 Å². The highest BCUT2D eigenvalue weighted by Gasteiger charge is 2.18. The molecule has 0 saturated heterocycles. The van der Waals surface area contributed by atoms with E-state index in [4.69, 9.17) is 11.1 Å². The monoisotopic (exact) mass is 264 g/mol. The normalized spacial score (nSPS) is 17.3. The van der Waals surface area contributed by atoms with E-state index in [1.54, 1.807) is 11.9 Å². The molecule has 2 rings (SSSR count). The van der Waals surface area contributed by atoms with Crippen molar-refractivity contribution in [2.45, 2.75) is 25.2 Å². The van der Waals surface area contributed by atoms with Crippen molar-refractivity contribution < 1.29 is 0 Å². The highest BCUT2D eigenvalue weighted by atomic mass is 32.2. The molecule has 0 spiro atoms. The van der Waals surface area contributed by atoms with Crippen LogP contribution in [0.25, 0.3) is 0 Å². The SMILES string of the molecule is Cc1cc(SN2CCC(N)=C(C=N)C2)c(C)n1C. The Morgan fingerprint density at radius 1 is 1.44 bits per heavy atom. The number of aromatic nitrogens is 1. The second kappa shape index (κ2) is 5.20. The predicted octanol–water partition coefficient (Wildman–Crippen LogP) is 2.22. The molecule has 2 heterocycles. The van der Waals surface area contributed by atoms with Gasteiger partial charge in [-0.15, -0.1) is 0 Å². The van der Waals surface area contributed by atoms with Crippen molar-refractivity contribution in [3.63, 3.8) is 0 Å². The fourth-order valence-electron chi connectivity index (χ4n) is 2.04. The summed E-state index contributed by atoms with van der Waals surface area (Å²) < 4.78 is 4.48. The van der Waals surface area contributed by atoms with Gasteiger partial charge in [-0.25, -0.2) is 4.31 Å². The zero-order valence-electron chi connectivity index (χ0n) is 11.2. The molecular weight excluding hydrogens is 244 g/mol. The molecule has 1 aromatic heterocycles. The van der Waals surface area contributed by atoms with Crippen LogP contribution in [0.15, 0.2) is 22.2 Å². The van der Waals surface area contributed by atoms with Gasteiger partial charge in [0.2, 0.25) is 0 Å². The maximum absolute atomic E-state index is 7.37. The van der Waals surface area contributed by atoms with Gasteiger partial charge in [-0.3, -0.25) is 0 Å². The Morgan fingerprint density at radius 2 is 2.17 bits per heavy atom. The standard InChI is InChI=1S/C13H20N4S/c1-9-6-13(10(2)16(9)3)18-17-5-4-12(15)11(7-14)8-17/h6-7,14H,4-5,8,15H2,1-3H3. The molecule has 18 heavy (non-hydrogen) atoms. The molecular formula is C13H20N4S. The number of rotatable bonds is 3. The lowest BCUT2D eigenvalue weighted by Crippen LogP contribution is -2.29. The van der Waals surface area contributed by atoms with Crippen LogP contribution in [0.5, 0.6) is 0 Å². The minimum Gasteiger partial charge on any atom is -0.402 e. The molecule has 1 aliphatic heterocycles. The molecule has 0 aliphatic carbocycles. The number of nitrogens with one attached hydrogen (secondary N) is 1. The average molecular weight is 264 g/mol. The highest BCUT2D eigenvalue weighted by Crippen LogP contribution is 2.30. The van der Waals surface area contributed by atoms with Crippen molar-refractivity contribution in [1.82, 2.24) is 8.87 Å². The molecule has 4 nitrogen and oxygen atoms in total. The van der Waals surface area contributed by atoms with E-state index in [0.29, 0.717) is 0 Å². The van der Waals surface area contributed by atoms with Gasteiger partial charge < -0.3 is 15.7 Å². The van der Waals surface area contributed by atoms with Gasteiger partial charge in [0.1, 0.15) is 0 Å². The Morgan fingerprint density at radius 3 is 2.72 bits per heavy atom. The van der Waals surface area contributed by atoms with E-state index < -0.39 is 0 Å². The van der Waals surface area contributed by atoms with Crippen LogP contribution in [-0.2, 0) is 7.05 Å². The van der Waals surface area contributed by atoms with Crippen molar-refractivity contribution in [1.29, 1.82) is 5.41 Å². The first kappa shape index (κ1) is 13.2. The molecule has 0 atom stereocenters. The van der Waals surface area contributed by atoms with Crippen LogP contribution in [0, 0.1) is 19.3 Å². The van der Waals surface area contributed by atoms with Crippen molar-refractivity contribution in [2.24, 2.45) is 12.8 Å². The second-order valence-electron chi connectivity index (χ2n) is 4.69. The quantitative estimate of drug-likeness (QED) is 0.650. The summed E-state index contributed by atoms with van der Waals surface area (Å²) in [6.07, 6.45) is 2.23. The molecule has 5 heteroatoms. The van der Waals surface area contributed by atoms with E-state index in [1.807, 2.05) is 0 Å². The summed E-state index contributed by atoms with van der Waals surface area (Å²) >= 11 is 1.77. The third-order valence-electron chi connectivity index (χ3n) is 3.52. The van der Waals surface area contributed by atoms with Crippen LogP contribution in [0.4, 0.5) is 0 Å². The summed E-state index contributed by atoms with van der Waals surface area (Å²) in [6.45, 7) is 5.96. The van der Waals surface area contributed by atoms with Gasteiger partial charge in [0.15, 0.2) is 0 Å². The summed E-state index contributed by atoms with van der Waals surface area (Å²) in [5.41, 5.74) is 10.3.